The van der Waals surface area contributed by atoms with Crippen LogP contribution in [-0.4, -0.2) is 9.96 Å². The van der Waals surface area contributed by atoms with Crippen molar-refractivity contribution in [3.63, 3.8) is 0 Å². The van der Waals surface area contributed by atoms with E-state index in [-0.39, 0.29) is 0 Å². The van der Waals surface area contributed by atoms with Crippen LogP contribution in [0.2, 0.25) is 5.02 Å². The molecular weight excluding hydrogens is 242 g/mol. The molecule has 1 aliphatic carbocycles. The van der Waals surface area contributed by atoms with E-state index in [4.69, 9.17) is 17.3 Å². The van der Waals surface area contributed by atoms with Gasteiger partial charge in [-0.05, 0) is 37.0 Å². The van der Waals surface area contributed by atoms with E-state index in [2.05, 4.69) is 0 Å². The Hall–Kier alpha value is -0.540. The second kappa shape index (κ2) is 5.19. The normalized spacial score (nSPS) is 18.8. The minimum atomic E-state index is -1.01. The Morgan fingerprint density at radius 1 is 1.38 bits per heavy atom. The summed E-state index contributed by atoms with van der Waals surface area (Å²) in [6, 6.07) is 5.19. The largest absolute Gasteiger partial charge is 0.399 e. The van der Waals surface area contributed by atoms with Gasteiger partial charge in [-0.3, -0.25) is 4.21 Å². The Kier molecular flexibility index (Phi) is 3.87. The lowest BCUT2D eigenvalue weighted by Gasteiger charge is -2.10. The van der Waals surface area contributed by atoms with Crippen LogP contribution in [0.5, 0.6) is 0 Å². The molecule has 1 aromatic carbocycles. The first-order chi connectivity index (χ1) is 7.66. The van der Waals surface area contributed by atoms with Crippen LogP contribution in [0.1, 0.15) is 25.7 Å². The molecule has 0 bridgehead atoms. The zero-order chi connectivity index (χ0) is 11.5. The second-order valence-electron chi connectivity index (χ2n) is 4.35. The minimum absolute atomic E-state index is 0.561. The van der Waals surface area contributed by atoms with E-state index < -0.39 is 10.8 Å². The summed E-state index contributed by atoms with van der Waals surface area (Å²) in [5.74, 6) is 1.32. The van der Waals surface area contributed by atoms with Gasteiger partial charge in [0.2, 0.25) is 0 Å². The van der Waals surface area contributed by atoms with Crippen molar-refractivity contribution >= 4 is 28.1 Å². The number of hydrogen-bond acceptors (Lipinski definition) is 2. The molecule has 0 amide bonds. The predicted molar refractivity (Wildman–Crippen MR) is 69.1 cm³/mol. The highest BCUT2D eigenvalue weighted by Crippen LogP contribution is 2.29. The van der Waals surface area contributed by atoms with Crippen molar-refractivity contribution in [2.75, 3.05) is 11.5 Å². The first kappa shape index (κ1) is 11.9. The van der Waals surface area contributed by atoms with Gasteiger partial charge in [-0.1, -0.05) is 24.4 Å². The lowest BCUT2D eigenvalue weighted by atomic mass is 10.1. The number of nitrogens with two attached hydrogens (primary N) is 1. The van der Waals surface area contributed by atoms with Crippen LogP contribution in [0.15, 0.2) is 23.1 Å². The fraction of sp³-hybridized carbons (Fsp3) is 0.500. The van der Waals surface area contributed by atoms with Crippen LogP contribution in [0.4, 0.5) is 5.69 Å². The average molecular weight is 258 g/mol. The van der Waals surface area contributed by atoms with Crippen molar-refractivity contribution in [1.29, 1.82) is 0 Å². The molecule has 1 saturated carbocycles. The van der Waals surface area contributed by atoms with Gasteiger partial charge in [0.15, 0.2) is 0 Å². The summed E-state index contributed by atoms with van der Waals surface area (Å²) in [5, 5.41) is 0.561. The molecule has 0 heterocycles. The maximum absolute atomic E-state index is 12.1. The average Bonchev–Trinajstić information content (AvgIpc) is 2.74. The molecule has 0 aromatic heterocycles. The van der Waals surface area contributed by atoms with E-state index in [0.29, 0.717) is 21.5 Å². The van der Waals surface area contributed by atoms with Crippen molar-refractivity contribution in [3.05, 3.63) is 23.2 Å². The van der Waals surface area contributed by atoms with E-state index >= 15 is 0 Å². The number of nitrogen functional groups attached to an aromatic ring is 1. The molecule has 88 valence electrons. The molecule has 1 aliphatic rings. The first-order valence-corrected chi connectivity index (χ1v) is 7.30. The van der Waals surface area contributed by atoms with Crippen molar-refractivity contribution in [2.45, 2.75) is 30.6 Å². The van der Waals surface area contributed by atoms with Crippen molar-refractivity contribution < 1.29 is 4.21 Å². The van der Waals surface area contributed by atoms with Crippen LogP contribution >= 0.6 is 11.6 Å². The summed E-state index contributed by atoms with van der Waals surface area (Å²) in [6.07, 6.45) is 4.94. The SMILES string of the molecule is Nc1ccc(Cl)c(S(=O)CC2CCCC2)c1. The molecule has 1 atom stereocenters. The Morgan fingerprint density at radius 3 is 2.75 bits per heavy atom. The zero-order valence-corrected chi connectivity index (χ0v) is 10.7. The van der Waals surface area contributed by atoms with Gasteiger partial charge in [0.25, 0.3) is 0 Å². The van der Waals surface area contributed by atoms with E-state index in [1.807, 2.05) is 0 Å². The molecule has 2 N–H and O–H groups in total. The van der Waals surface area contributed by atoms with Crippen molar-refractivity contribution in [2.24, 2.45) is 5.92 Å². The number of benzene rings is 1. The van der Waals surface area contributed by atoms with Gasteiger partial charge in [-0.2, -0.15) is 0 Å². The summed E-state index contributed by atoms with van der Waals surface area (Å²) < 4.78 is 12.1. The molecule has 1 fully saturated rings. The van der Waals surface area contributed by atoms with E-state index in [9.17, 15) is 4.21 Å². The molecular formula is C12H16ClNOS. The Morgan fingerprint density at radius 2 is 2.06 bits per heavy atom. The second-order valence-corrected chi connectivity index (χ2v) is 6.22. The Balaban J connectivity index is 2.10. The van der Waals surface area contributed by atoms with Gasteiger partial charge < -0.3 is 5.73 Å². The van der Waals surface area contributed by atoms with E-state index in [1.54, 1.807) is 18.2 Å². The minimum Gasteiger partial charge on any atom is -0.399 e. The maximum atomic E-state index is 12.1. The summed E-state index contributed by atoms with van der Waals surface area (Å²) in [5.41, 5.74) is 6.30. The number of rotatable bonds is 3. The van der Waals surface area contributed by atoms with Gasteiger partial charge >= 0.3 is 0 Å². The van der Waals surface area contributed by atoms with Gasteiger partial charge in [-0.15, -0.1) is 0 Å². The predicted octanol–water partition coefficient (Wildman–Crippen LogP) is 3.22. The molecule has 0 aliphatic heterocycles. The third-order valence-electron chi connectivity index (χ3n) is 3.06. The smallest absolute Gasteiger partial charge is 0.0594 e. The molecule has 0 radical (unpaired) electrons. The third kappa shape index (κ3) is 2.77. The Bertz CT molecular complexity index is 402. The molecule has 2 nitrogen and oxygen atoms in total. The molecule has 0 saturated heterocycles. The van der Waals surface area contributed by atoms with Gasteiger partial charge in [0.1, 0.15) is 0 Å². The molecule has 0 spiro atoms. The molecule has 16 heavy (non-hydrogen) atoms. The summed E-state index contributed by atoms with van der Waals surface area (Å²) >= 11 is 6.03. The number of anilines is 1. The number of hydrogen-bond donors (Lipinski definition) is 1. The summed E-state index contributed by atoms with van der Waals surface area (Å²) in [6.45, 7) is 0. The van der Waals surface area contributed by atoms with Crippen molar-refractivity contribution in [3.8, 4) is 0 Å². The van der Waals surface area contributed by atoms with Gasteiger partial charge in [-0.25, -0.2) is 0 Å². The highest BCUT2D eigenvalue weighted by Gasteiger charge is 2.19. The monoisotopic (exact) mass is 257 g/mol. The highest BCUT2D eigenvalue weighted by molar-refractivity contribution is 7.85. The van der Waals surface area contributed by atoms with Crippen molar-refractivity contribution in [1.82, 2.24) is 0 Å². The third-order valence-corrected chi connectivity index (χ3v) is 5.11. The van der Waals surface area contributed by atoms with Gasteiger partial charge in [0.05, 0.1) is 20.7 Å². The number of halogens is 1. The topological polar surface area (TPSA) is 43.1 Å². The molecule has 2 rings (SSSR count). The van der Waals surface area contributed by atoms with Crippen LogP contribution in [-0.2, 0) is 10.8 Å². The quantitative estimate of drug-likeness (QED) is 0.845. The standard InChI is InChI=1S/C12H16ClNOS/c13-11-6-5-10(14)7-12(11)16(15)8-9-3-1-2-4-9/h5-7,9H,1-4,8,14H2. The first-order valence-electron chi connectivity index (χ1n) is 5.60. The van der Waals surface area contributed by atoms with Crippen LogP contribution < -0.4 is 5.73 Å². The molecule has 1 unspecified atom stereocenters. The van der Waals surface area contributed by atoms with Crippen LogP contribution in [0.3, 0.4) is 0 Å². The Labute approximate surface area is 104 Å². The van der Waals surface area contributed by atoms with Gasteiger partial charge in [0, 0.05) is 11.4 Å². The fourth-order valence-electron chi connectivity index (χ4n) is 2.18. The highest BCUT2D eigenvalue weighted by atomic mass is 35.5. The van der Waals surface area contributed by atoms with E-state index in [0.717, 1.165) is 5.75 Å². The van der Waals surface area contributed by atoms with Crippen LogP contribution in [0.25, 0.3) is 0 Å². The summed E-state index contributed by atoms with van der Waals surface area (Å²) in [7, 11) is -1.01. The fourth-order valence-corrected chi connectivity index (χ4v) is 4.05. The molecule has 4 heteroatoms. The lowest BCUT2D eigenvalue weighted by molar-refractivity contribution is 0.604. The lowest BCUT2D eigenvalue weighted by Crippen LogP contribution is -2.08. The van der Waals surface area contributed by atoms with Crippen LogP contribution in [0, 0.1) is 5.92 Å². The zero-order valence-electron chi connectivity index (χ0n) is 9.12. The molecule has 1 aromatic rings. The van der Waals surface area contributed by atoms with E-state index in [1.165, 1.54) is 25.7 Å². The maximum Gasteiger partial charge on any atom is 0.0594 e. The summed E-state index contributed by atoms with van der Waals surface area (Å²) in [4.78, 5) is 0.688.